The highest BCUT2D eigenvalue weighted by Gasteiger charge is 2.17. The molecule has 1 N–H and O–H groups in total. The number of aromatic amines is 1. The van der Waals surface area contributed by atoms with E-state index in [0.717, 1.165) is 28.6 Å². The molecule has 23 heavy (non-hydrogen) atoms. The molecule has 0 radical (unpaired) electrons. The molecule has 0 saturated heterocycles. The first-order valence-corrected chi connectivity index (χ1v) is 7.50. The molecule has 2 aromatic carbocycles. The van der Waals surface area contributed by atoms with Gasteiger partial charge in [0.05, 0.1) is 26.8 Å². The van der Waals surface area contributed by atoms with Crippen LogP contribution >= 0.6 is 0 Å². The van der Waals surface area contributed by atoms with E-state index in [1.165, 1.54) is 11.1 Å². The molecular weight excluding hydrogens is 288 g/mol. The van der Waals surface area contributed by atoms with Gasteiger partial charge in [0, 0.05) is 5.56 Å². The van der Waals surface area contributed by atoms with Crippen LogP contribution in [-0.2, 0) is 7.05 Å². The van der Waals surface area contributed by atoms with Crippen LogP contribution in [0.15, 0.2) is 48.7 Å². The van der Waals surface area contributed by atoms with Gasteiger partial charge in [0.25, 0.3) is 5.82 Å². The Morgan fingerprint density at radius 1 is 0.913 bits per heavy atom. The molecule has 0 aliphatic carbocycles. The van der Waals surface area contributed by atoms with Gasteiger partial charge in [-0.05, 0) is 37.3 Å². The predicted molar refractivity (Wildman–Crippen MR) is 90.7 cm³/mol. The number of hydrogen-bond donors (Lipinski definition) is 1. The second-order valence-electron chi connectivity index (χ2n) is 5.57. The minimum atomic E-state index is 0.722. The van der Waals surface area contributed by atoms with Crippen LogP contribution in [0.3, 0.4) is 0 Å². The van der Waals surface area contributed by atoms with Crippen molar-refractivity contribution in [1.82, 2.24) is 4.98 Å². The SMILES string of the molecule is COc1ccc(-c2c[n+](C)c(-c3cccc(C)c3)[nH]2)cc1OC. The molecule has 0 atom stereocenters. The van der Waals surface area contributed by atoms with Crippen molar-refractivity contribution in [3.63, 3.8) is 0 Å². The molecule has 3 aromatic rings. The van der Waals surface area contributed by atoms with Crippen molar-refractivity contribution < 1.29 is 14.0 Å². The van der Waals surface area contributed by atoms with Gasteiger partial charge in [0.1, 0.15) is 6.20 Å². The molecule has 0 bridgehead atoms. The number of nitrogens with zero attached hydrogens (tertiary/aromatic N) is 1. The van der Waals surface area contributed by atoms with Crippen molar-refractivity contribution in [2.45, 2.75) is 6.92 Å². The molecule has 4 nitrogen and oxygen atoms in total. The maximum atomic E-state index is 5.39. The molecule has 0 aliphatic heterocycles. The first-order chi connectivity index (χ1) is 11.1. The van der Waals surface area contributed by atoms with E-state index < -0.39 is 0 Å². The molecule has 1 aromatic heterocycles. The minimum Gasteiger partial charge on any atom is -0.493 e. The van der Waals surface area contributed by atoms with Gasteiger partial charge in [-0.1, -0.05) is 17.7 Å². The van der Waals surface area contributed by atoms with Gasteiger partial charge in [-0.15, -0.1) is 0 Å². The summed E-state index contributed by atoms with van der Waals surface area (Å²) in [5.74, 6) is 2.52. The molecule has 1 heterocycles. The Hall–Kier alpha value is -2.75. The zero-order valence-electron chi connectivity index (χ0n) is 13.9. The van der Waals surface area contributed by atoms with Gasteiger partial charge in [-0.3, -0.25) is 0 Å². The highest BCUT2D eigenvalue weighted by Crippen LogP contribution is 2.32. The summed E-state index contributed by atoms with van der Waals surface area (Å²) in [6.07, 6.45) is 2.08. The number of aryl methyl sites for hydroxylation is 2. The van der Waals surface area contributed by atoms with Crippen LogP contribution in [-0.4, -0.2) is 19.2 Å². The number of ether oxygens (including phenoxy) is 2. The third-order valence-electron chi connectivity index (χ3n) is 3.91. The summed E-state index contributed by atoms with van der Waals surface area (Å²) >= 11 is 0. The second-order valence-corrected chi connectivity index (χ2v) is 5.57. The fourth-order valence-electron chi connectivity index (χ4n) is 2.72. The summed E-state index contributed by atoms with van der Waals surface area (Å²) in [6, 6.07) is 14.4. The standard InChI is InChI=1S/C19H20N2O2/c1-13-6-5-7-15(10-13)19-20-16(12-21(19)2)14-8-9-17(22-3)18(11-14)23-4/h5-12H,1-4H3/p+1. The number of benzene rings is 2. The maximum Gasteiger partial charge on any atom is 0.286 e. The van der Waals surface area contributed by atoms with E-state index >= 15 is 0 Å². The van der Waals surface area contributed by atoms with Crippen molar-refractivity contribution in [3.05, 3.63) is 54.2 Å². The van der Waals surface area contributed by atoms with E-state index in [4.69, 9.17) is 9.47 Å². The van der Waals surface area contributed by atoms with Crippen molar-refractivity contribution in [1.29, 1.82) is 0 Å². The van der Waals surface area contributed by atoms with Crippen molar-refractivity contribution in [2.75, 3.05) is 14.2 Å². The molecule has 0 spiro atoms. The highest BCUT2D eigenvalue weighted by molar-refractivity contribution is 5.65. The minimum absolute atomic E-state index is 0.722. The van der Waals surface area contributed by atoms with E-state index in [-0.39, 0.29) is 0 Å². The number of methoxy groups -OCH3 is 2. The van der Waals surface area contributed by atoms with E-state index in [9.17, 15) is 0 Å². The number of H-pyrrole nitrogens is 1. The van der Waals surface area contributed by atoms with E-state index in [0.29, 0.717) is 0 Å². The molecule has 118 valence electrons. The molecule has 0 aliphatic rings. The second kappa shape index (κ2) is 6.16. The Kier molecular flexibility index (Phi) is 4.06. The smallest absolute Gasteiger partial charge is 0.286 e. The van der Waals surface area contributed by atoms with Crippen LogP contribution in [0.25, 0.3) is 22.6 Å². The molecule has 4 heteroatoms. The van der Waals surface area contributed by atoms with Crippen LogP contribution in [0.5, 0.6) is 11.5 Å². The van der Waals surface area contributed by atoms with E-state index in [1.807, 2.05) is 25.2 Å². The zero-order chi connectivity index (χ0) is 16.4. The molecule has 0 amide bonds. The van der Waals surface area contributed by atoms with Gasteiger partial charge in [0.15, 0.2) is 17.2 Å². The lowest BCUT2D eigenvalue weighted by Gasteiger charge is -2.07. The zero-order valence-corrected chi connectivity index (χ0v) is 13.9. The molecule has 0 fully saturated rings. The lowest BCUT2D eigenvalue weighted by molar-refractivity contribution is -0.658. The van der Waals surface area contributed by atoms with Crippen molar-refractivity contribution in [2.24, 2.45) is 7.05 Å². The van der Waals surface area contributed by atoms with Crippen LogP contribution < -0.4 is 14.0 Å². The summed E-state index contributed by atoms with van der Waals surface area (Å²) in [7, 11) is 5.33. The number of nitrogens with one attached hydrogen (secondary N) is 1. The Labute approximate surface area is 136 Å². The quantitative estimate of drug-likeness (QED) is 0.749. The Morgan fingerprint density at radius 2 is 1.70 bits per heavy atom. The fourth-order valence-corrected chi connectivity index (χ4v) is 2.72. The lowest BCUT2D eigenvalue weighted by atomic mass is 10.1. The number of hydrogen-bond acceptors (Lipinski definition) is 2. The van der Waals surface area contributed by atoms with Crippen LogP contribution in [0, 0.1) is 6.92 Å². The van der Waals surface area contributed by atoms with Crippen LogP contribution in [0.4, 0.5) is 0 Å². The summed E-state index contributed by atoms with van der Waals surface area (Å²) in [5, 5.41) is 0. The Balaban J connectivity index is 2.04. The Bertz CT molecular complexity index is 837. The summed E-state index contributed by atoms with van der Waals surface area (Å²) in [6.45, 7) is 2.10. The first kappa shape index (κ1) is 15.2. The van der Waals surface area contributed by atoms with Gasteiger partial charge in [-0.2, -0.15) is 0 Å². The van der Waals surface area contributed by atoms with Crippen LogP contribution in [0.1, 0.15) is 5.56 Å². The molecule has 3 rings (SSSR count). The number of aromatic nitrogens is 2. The predicted octanol–water partition coefficient (Wildman–Crippen LogP) is 3.50. The van der Waals surface area contributed by atoms with Crippen molar-refractivity contribution in [3.8, 4) is 34.1 Å². The van der Waals surface area contributed by atoms with Crippen LogP contribution in [0.2, 0.25) is 0 Å². The third-order valence-corrected chi connectivity index (χ3v) is 3.91. The average molecular weight is 309 g/mol. The summed E-state index contributed by atoms with van der Waals surface area (Å²) in [5.41, 5.74) is 4.49. The fraction of sp³-hybridized carbons (Fsp3) is 0.211. The maximum absolute atomic E-state index is 5.39. The molecule has 0 saturated carbocycles. The largest absolute Gasteiger partial charge is 0.493 e. The number of rotatable bonds is 4. The molecule has 0 unspecified atom stereocenters. The molecular formula is C19H21N2O2+. The van der Waals surface area contributed by atoms with E-state index in [1.54, 1.807) is 14.2 Å². The first-order valence-electron chi connectivity index (χ1n) is 7.50. The topological polar surface area (TPSA) is 38.1 Å². The average Bonchev–Trinajstić information content (AvgIpc) is 2.96. The third kappa shape index (κ3) is 2.93. The summed E-state index contributed by atoms with van der Waals surface area (Å²) in [4.78, 5) is 3.50. The monoisotopic (exact) mass is 309 g/mol. The van der Waals surface area contributed by atoms with Gasteiger partial charge >= 0.3 is 0 Å². The Morgan fingerprint density at radius 3 is 2.39 bits per heavy atom. The van der Waals surface area contributed by atoms with Gasteiger partial charge in [-0.25, -0.2) is 9.55 Å². The number of imidazole rings is 1. The van der Waals surface area contributed by atoms with E-state index in [2.05, 4.69) is 46.9 Å². The summed E-state index contributed by atoms with van der Waals surface area (Å²) < 4.78 is 12.8. The highest BCUT2D eigenvalue weighted by atomic mass is 16.5. The lowest BCUT2D eigenvalue weighted by Crippen LogP contribution is -2.27. The normalized spacial score (nSPS) is 10.6. The van der Waals surface area contributed by atoms with Gasteiger partial charge < -0.3 is 9.47 Å². The van der Waals surface area contributed by atoms with Crippen molar-refractivity contribution >= 4 is 0 Å². The van der Waals surface area contributed by atoms with Gasteiger partial charge in [0.2, 0.25) is 0 Å².